The van der Waals surface area contributed by atoms with E-state index in [1.165, 1.54) is 12.1 Å². The van der Waals surface area contributed by atoms with E-state index in [-0.39, 0.29) is 11.6 Å². The van der Waals surface area contributed by atoms with E-state index in [4.69, 9.17) is 10.3 Å². The molecule has 6 heteroatoms. The van der Waals surface area contributed by atoms with Crippen LogP contribution in [0.2, 0.25) is 0 Å². The number of aromatic nitrogens is 1. The number of oxazole rings is 1. The zero-order valence-corrected chi connectivity index (χ0v) is 10.1. The predicted octanol–water partition coefficient (Wildman–Crippen LogP) is 1.44. The third-order valence-corrected chi connectivity index (χ3v) is 2.33. The zero-order valence-electron chi connectivity index (χ0n) is 10.1. The first-order chi connectivity index (χ1) is 8.63. The Morgan fingerprint density at radius 1 is 1.39 bits per heavy atom. The maximum absolute atomic E-state index is 11.6. The summed E-state index contributed by atoms with van der Waals surface area (Å²) in [5.41, 5.74) is 0.817. The number of methoxy groups -OCH3 is 1. The first kappa shape index (κ1) is 12.1. The predicted molar refractivity (Wildman–Crippen MR) is 65.9 cm³/mol. The third kappa shape index (κ3) is 2.18. The molecule has 1 heterocycles. The van der Waals surface area contributed by atoms with Crippen LogP contribution in [-0.2, 0) is 4.74 Å². The summed E-state index contributed by atoms with van der Waals surface area (Å²) in [6.45, 7) is 0. The molecule has 6 nitrogen and oxygen atoms in total. The molecular weight excluding hydrogens is 234 g/mol. The van der Waals surface area contributed by atoms with Crippen LogP contribution >= 0.6 is 0 Å². The van der Waals surface area contributed by atoms with Crippen molar-refractivity contribution in [1.29, 1.82) is 0 Å². The number of esters is 1. The second-order valence-electron chi connectivity index (χ2n) is 3.64. The molecule has 1 aromatic carbocycles. The molecule has 18 heavy (non-hydrogen) atoms. The monoisotopic (exact) mass is 247 g/mol. The molecule has 2 rings (SSSR count). The van der Waals surface area contributed by atoms with Crippen molar-refractivity contribution in [3.63, 3.8) is 0 Å². The smallest absolute Gasteiger partial charge is 0.362 e. The summed E-state index contributed by atoms with van der Waals surface area (Å²) in [6, 6.07) is 9.23. The fourth-order valence-electron chi connectivity index (χ4n) is 1.48. The van der Waals surface area contributed by atoms with E-state index in [1.807, 2.05) is 30.3 Å². The van der Waals surface area contributed by atoms with Crippen LogP contribution < -0.4 is 10.9 Å². The van der Waals surface area contributed by atoms with Crippen molar-refractivity contribution in [1.82, 2.24) is 4.98 Å². The minimum atomic E-state index is -0.590. The highest BCUT2D eigenvalue weighted by atomic mass is 16.5. The lowest BCUT2D eigenvalue weighted by molar-refractivity contribution is 0.0595. The van der Waals surface area contributed by atoms with Crippen LogP contribution in [0.5, 0.6) is 0 Å². The Labute approximate surface area is 104 Å². The van der Waals surface area contributed by atoms with Crippen molar-refractivity contribution in [2.45, 2.75) is 0 Å². The number of carbonyl (C=O) groups is 1. The van der Waals surface area contributed by atoms with Crippen molar-refractivity contribution in [2.75, 3.05) is 19.2 Å². The first-order valence-corrected chi connectivity index (χ1v) is 5.26. The number of carbonyl (C=O) groups excluding carboxylic acids is 1. The summed E-state index contributed by atoms with van der Waals surface area (Å²) >= 11 is 0. The Morgan fingerprint density at radius 2 is 2.06 bits per heavy atom. The van der Waals surface area contributed by atoms with Gasteiger partial charge in [0.1, 0.15) is 0 Å². The summed E-state index contributed by atoms with van der Waals surface area (Å²) in [7, 11) is 2.83. The van der Waals surface area contributed by atoms with E-state index in [1.54, 1.807) is 7.05 Å². The average Bonchev–Trinajstić information content (AvgIpc) is 2.84. The number of hydrogen-bond acceptors (Lipinski definition) is 6. The molecule has 0 aliphatic carbocycles. The Kier molecular flexibility index (Phi) is 3.29. The van der Waals surface area contributed by atoms with E-state index in [9.17, 15) is 4.79 Å². The molecule has 2 N–H and O–H groups in total. The summed E-state index contributed by atoms with van der Waals surface area (Å²) in [5.74, 6) is 5.49. The minimum Gasteiger partial charge on any atom is -0.464 e. The molecular formula is C12H13N3O3. The molecule has 0 spiro atoms. The lowest BCUT2D eigenvalue weighted by atomic mass is 10.2. The van der Waals surface area contributed by atoms with Crippen molar-refractivity contribution in [3.05, 3.63) is 36.0 Å². The number of nitrogens with zero attached hydrogens (tertiary/aromatic N) is 2. The van der Waals surface area contributed by atoms with E-state index in [2.05, 4.69) is 9.72 Å². The number of anilines is 1. The highest BCUT2D eigenvalue weighted by molar-refractivity contribution is 5.92. The van der Waals surface area contributed by atoms with Crippen LogP contribution in [0.3, 0.4) is 0 Å². The number of nitrogens with two attached hydrogens (primary N) is 1. The largest absolute Gasteiger partial charge is 0.464 e. The fraction of sp³-hybridized carbons (Fsp3) is 0.167. The number of hydrazine groups is 1. The average molecular weight is 247 g/mol. The van der Waals surface area contributed by atoms with Crippen molar-refractivity contribution in [2.24, 2.45) is 5.84 Å². The number of rotatable bonds is 3. The van der Waals surface area contributed by atoms with Crippen LogP contribution in [0, 0.1) is 0 Å². The van der Waals surface area contributed by atoms with Crippen LogP contribution in [0.25, 0.3) is 11.5 Å². The molecule has 0 saturated heterocycles. The van der Waals surface area contributed by atoms with Gasteiger partial charge >= 0.3 is 5.97 Å². The van der Waals surface area contributed by atoms with Crippen molar-refractivity contribution in [3.8, 4) is 11.5 Å². The van der Waals surface area contributed by atoms with Gasteiger partial charge < -0.3 is 9.15 Å². The van der Waals surface area contributed by atoms with E-state index in [0.29, 0.717) is 5.89 Å². The quantitative estimate of drug-likeness (QED) is 0.502. The number of hydrogen-bond donors (Lipinski definition) is 1. The Hall–Kier alpha value is -2.34. The Balaban J connectivity index is 2.49. The first-order valence-electron chi connectivity index (χ1n) is 5.26. The van der Waals surface area contributed by atoms with Gasteiger partial charge in [0.05, 0.1) is 7.11 Å². The van der Waals surface area contributed by atoms with Crippen molar-refractivity contribution < 1.29 is 13.9 Å². The highest BCUT2D eigenvalue weighted by Gasteiger charge is 2.23. The normalized spacial score (nSPS) is 10.2. The third-order valence-electron chi connectivity index (χ3n) is 2.33. The van der Waals surface area contributed by atoms with Gasteiger partial charge in [0.2, 0.25) is 17.5 Å². The fourth-order valence-corrected chi connectivity index (χ4v) is 1.48. The SMILES string of the molecule is COC(=O)c1nc(-c2ccccc2)oc1N(C)N. The summed E-state index contributed by atoms with van der Waals surface area (Å²) in [6.07, 6.45) is 0. The summed E-state index contributed by atoms with van der Waals surface area (Å²) in [4.78, 5) is 15.7. The molecule has 0 radical (unpaired) electrons. The number of benzene rings is 1. The Bertz CT molecular complexity index is 549. The lowest BCUT2D eigenvalue weighted by Crippen LogP contribution is -2.26. The van der Waals surface area contributed by atoms with Crippen LogP contribution in [0.4, 0.5) is 5.88 Å². The van der Waals surface area contributed by atoms with Gasteiger partial charge in [-0.3, -0.25) is 5.01 Å². The maximum Gasteiger partial charge on any atom is 0.362 e. The topological polar surface area (TPSA) is 81.6 Å². The van der Waals surface area contributed by atoms with Gasteiger partial charge in [0.25, 0.3) is 0 Å². The van der Waals surface area contributed by atoms with Gasteiger partial charge in [0, 0.05) is 12.6 Å². The molecule has 0 amide bonds. The summed E-state index contributed by atoms with van der Waals surface area (Å²) < 4.78 is 10.1. The van der Waals surface area contributed by atoms with Crippen molar-refractivity contribution >= 4 is 11.9 Å². The van der Waals surface area contributed by atoms with E-state index >= 15 is 0 Å². The maximum atomic E-state index is 11.6. The minimum absolute atomic E-state index is 0.0568. The molecule has 0 aliphatic heterocycles. The Morgan fingerprint density at radius 3 is 2.61 bits per heavy atom. The second kappa shape index (κ2) is 4.89. The standard InChI is InChI=1S/C12H13N3O3/c1-15(13)11-9(12(16)17-2)14-10(18-11)8-6-4-3-5-7-8/h3-7H,13H2,1-2H3. The van der Waals surface area contributed by atoms with Gasteiger partial charge in [-0.15, -0.1) is 0 Å². The molecule has 1 aromatic heterocycles. The van der Waals surface area contributed by atoms with Gasteiger partial charge in [-0.25, -0.2) is 10.6 Å². The van der Waals surface area contributed by atoms with Crippen LogP contribution in [0.1, 0.15) is 10.5 Å². The van der Waals surface area contributed by atoms with Gasteiger partial charge in [-0.2, -0.15) is 4.98 Å². The molecule has 0 atom stereocenters. The van der Waals surface area contributed by atoms with Gasteiger partial charge in [0.15, 0.2) is 0 Å². The zero-order chi connectivity index (χ0) is 13.1. The number of ether oxygens (including phenoxy) is 1. The molecule has 0 aliphatic rings. The summed E-state index contributed by atoms with van der Waals surface area (Å²) in [5, 5.41) is 1.19. The lowest BCUT2D eigenvalue weighted by Gasteiger charge is -2.07. The van der Waals surface area contributed by atoms with E-state index < -0.39 is 5.97 Å². The molecule has 0 saturated carbocycles. The molecule has 0 bridgehead atoms. The van der Waals surface area contributed by atoms with Gasteiger partial charge in [-0.05, 0) is 12.1 Å². The van der Waals surface area contributed by atoms with E-state index in [0.717, 1.165) is 5.56 Å². The molecule has 2 aromatic rings. The van der Waals surface area contributed by atoms with Gasteiger partial charge in [-0.1, -0.05) is 18.2 Å². The molecule has 94 valence electrons. The molecule has 0 fully saturated rings. The van der Waals surface area contributed by atoms with Crippen LogP contribution in [0.15, 0.2) is 34.7 Å². The van der Waals surface area contributed by atoms with Crippen LogP contribution in [-0.4, -0.2) is 25.1 Å². The second-order valence-corrected chi connectivity index (χ2v) is 3.64. The molecule has 0 unspecified atom stereocenters. The highest BCUT2D eigenvalue weighted by Crippen LogP contribution is 2.26.